The van der Waals surface area contributed by atoms with Gasteiger partial charge in [-0.3, -0.25) is 10.1 Å². The molecule has 0 aromatic rings. The number of hydrogen-bond acceptors (Lipinski definition) is 4. The Balaban J connectivity index is 2.00. The molecule has 0 atom stereocenters. The molecule has 0 aromatic heterocycles. The van der Waals surface area contributed by atoms with E-state index in [9.17, 15) is 9.59 Å². The van der Waals surface area contributed by atoms with Gasteiger partial charge in [-0.25, -0.2) is 4.79 Å². The van der Waals surface area contributed by atoms with Gasteiger partial charge in [0.1, 0.15) is 0 Å². The molecule has 0 radical (unpaired) electrons. The quantitative estimate of drug-likeness (QED) is 0.585. The monoisotopic (exact) mass is 270 g/mol. The van der Waals surface area contributed by atoms with E-state index in [0.717, 1.165) is 25.6 Å². The topological polar surface area (TPSA) is 87.5 Å². The fraction of sp³-hybridized carbons (Fsp3) is 0.846. The van der Waals surface area contributed by atoms with E-state index in [0.29, 0.717) is 0 Å². The molecule has 6 heteroatoms. The zero-order valence-corrected chi connectivity index (χ0v) is 11.8. The number of nitrogens with zero attached hydrogens (tertiary/aromatic N) is 1. The van der Waals surface area contributed by atoms with Crippen molar-refractivity contribution in [3.05, 3.63) is 0 Å². The number of carbonyl (C=O) groups excluding carboxylic acids is 2. The molecule has 6 nitrogen and oxygen atoms in total. The maximum absolute atomic E-state index is 11.1. The number of imide groups is 1. The van der Waals surface area contributed by atoms with Crippen molar-refractivity contribution >= 4 is 11.9 Å². The first-order valence-electron chi connectivity index (χ1n) is 7.10. The Morgan fingerprint density at radius 2 is 1.95 bits per heavy atom. The van der Waals surface area contributed by atoms with E-state index < -0.39 is 6.03 Å². The highest BCUT2D eigenvalue weighted by Crippen LogP contribution is 2.21. The summed E-state index contributed by atoms with van der Waals surface area (Å²) in [6.45, 7) is 1.94. The van der Waals surface area contributed by atoms with Crippen LogP contribution in [0, 0.1) is 0 Å². The predicted molar refractivity (Wildman–Crippen MR) is 74.7 cm³/mol. The zero-order chi connectivity index (χ0) is 14.1. The SMILES string of the molecule is CN(CCCNCC(=O)NC(N)=O)C1CCCCC1. The summed E-state index contributed by atoms with van der Waals surface area (Å²) in [5.74, 6) is -0.381. The van der Waals surface area contributed by atoms with Crippen LogP contribution in [0.4, 0.5) is 4.79 Å². The van der Waals surface area contributed by atoms with Crippen molar-refractivity contribution < 1.29 is 9.59 Å². The van der Waals surface area contributed by atoms with Gasteiger partial charge in [0.25, 0.3) is 0 Å². The average Bonchev–Trinajstić information content (AvgIpc) is 2.38. The number of nitrogens with one attached hydrogen (secondary N) is 2. The van der Waals surface area contributed by atoms with Crippen LogP contribution in [0.25, 0.3) is 0 Å². The highest BCUT2D eigenvalue weighted by molar-refractivity contribution is 5.94. The van der Waals surface area contributed by atoms with Gasteiger partial charge in [0.05, 0.1) is 6.54 Å². The molecule has 0 aliphatic heterocycles. The van der Waals surface area contributed by atoms with E-state index in [-0.39, 0.29) is 12.5 Å². The second-order valence-electron chi connectivity index (χ2n) is 5.22. The second kappa shape index (κ2) is 8.87. The molecule has 0 bridgehead atoms. The number of amides is 3. The molecule has 4 N–H and O–H groups in total. The molecule has 1 saturated carbocycles. The zero-order valence-electron chi connectivity index (χ0n) is 11.8. The highest BCUT2D eigenvalue weighted by Gasteiger charge is 2.17. The first kappa shape index (κ1) is 15.9. The van der Waals surface area contributed by atoms with Crippen molar-refractivity contribution in [3.63, 3.8) is 0 Å². The van der Waals surface area contributed by atoms with E-state index >= 15 is 0 Å². The average molecular weight is 270 g/mol. The Hall–Kier alpha value is -1.14. The van der Waals surface area contributed by atoms with Crippen molar-refractivity contribution in [3.8, 4) is 0 Å². The molecular formula is C13H26N4O2. The Bertz CT molecular complexity index is 290. The van der Waals surface area contributed by atoms with Gasteiger partial charge in [0.2, 0.25) is 5.91 Å². The van der Waals surface area contributed by atoms with E-state index in [4.69, 9.17) is 5.73 Å². The fourth-order valence-corrected chi connectivity index (χ4v) is 2.54. The van der Waals surface area contributed by atoms with Gasteiger partial charge in [0, 0.05) is 6.04 Å². The molecule has 0 saturated heterocycles. The molecule has 1 aliphatic rings. The summed E-state index contributed by atoms with van der Waals surface area (Å²) in [6, 6.07) is -0.0734. The Labute approximate surface area is 115 Å². The van der Waals surface area contributed by atoms with E-state index in [1.807, 2.05) is 5.32 Å². The first-order chi connectivity index (χ1) is 9.09. The van der Waals surface area contributed by atoms with Crippen LogP contribution >= 0.6 is 0 Å². The van der Waals surface area contributed by atoms with E-state index in [1.54, 1.807) is 0 Å². The predicted octanol–water partition coefficient (Wildman–Crippen LogP) is 0.426. The van der Waals surface area contributed by atoms with Gasteiger partial charge < -0.3 is 16.0 Å². The first-order valence-corrected chi connectivity index (χ1v) is 7.10. The summed E-state index contributed by atoms with van der Waals surface area (Å²) in [5.41, 5.74) is 4.84. The maximum atomic E-state index is 11.1. The van der Waals surface area contributed by atoms with Crippen LogP contribution in [-0.2, 0) is 4.79 Å². The molecular weight excluding hydrogens is 244 g/mol. The van der Waals surface area contributed by atoms with Crippen LogP contribution in [0.3, 0.4) is 0 Å². The number of rotatable bonds is 7. The summed E-state index contributed by atoms with van der Waals surface area (Å²) in [7, 11) is 2.18. The smallest absolute Gasteiger partial charge is 0.318 e. The van der Waals surface area contributed by atoms with Gasteiger partial charge >= 0.3 is 6.03 Å². The minimum atomic E-state index is -0.802. The second-order valence-corrected chi connectivity index (χ2v) is 5.22. The number of primary amides is 1. The number of carbonyl (C=O) groups is 2. The maximum Gasteiger partial charge on any atom is 0.318 e. The molecule has 3 amide bonds. The molecule has 1 fully saturated rings. The van der Waals surface area contributed by atoms with Crippen LogP contribution in [0.2, 0.25) is 0 Å². The lowest BCUT2D eigenvalue weighted by Gasteiger charge is -2.31. The van der Waals surface area contributed by atoms with Crippen molar-refractivity contribution in [1.29, 1.82) is 0 Å². The van der Waals surface area contributed by atoms with Crippen molar-refractivity contribution in [2.45, 2.75) is 44.6 Å². The molecule has 110 valence electrons. The Morgan fingerprint density at radius 3 is 2.58 bits per heavy atom. The summed E-state index contributed by atoms with van der Waals surface area (Å²) >= 11 is 0. The Kier molecular flexibility index (Phi) is 7.43. The van der Waals surface area contributed by atoms with Crippen LogP contribution in [0.5, 0.6) is 0 Å². The van der Waals surface area contributed by atoms with Gasteiger partial charge in [-0.1, -0.05) is 19.3 Å². The van der Waals surface area contributed by atoms with Crippen LogP contribution in [0.15, 0.2) is 0 Å². The third-order valence-electron chi connectivity index (χ3n) is 3.61. The number of urea groups is 1. The van der Waals surface area contributed by atoms with Crippen molar-refractivity contribution in [2.24, 2.45) is 5.73 Å². The molecule has 1 aliphatic carbocycles. The highest BCUT2D eigenvalue weighted by atomic mass is 16.2. The third-order valence-corrected chi connectivity index (χ3v) is 3.61. The lowest BCUT2D eigenvalue weighted by molar-refractivity contribution is -0.119. The van der Waals surface area contributed by atoms with Crippen LogP contribution in [0.1, 0.15) is 38.5 Å². The van der Waals surface area contributed by atoms with Crippen LogP contribution < -0.4 is 16.4 Å². The summed E-state index contributed by atoms with van der Waals surface area (Å²) in [4.78, 5) is 24.0. The molecule has 19 heavy (non-hydrogen) atoms. The van der Waals surface area contributed by atoms with Gasteiger partial charge in [-0.2, -0.15) is 0 Å². The molecule has 0 unspecified atom stereocenters. The van der Waals surface area contributed by atoms with E-state index in [1.165, 1.54) is 32.1 Å². The molecule has 0 spiro atoms. The number of nitrogens with two attached hydrogens (primary N) is 1. The molecule has 0 heterocycles. The summed E-state index contributed by atoms with van der Waals surface area (Å²) in [5, 5.41) is 5.02. The molecule has 0 aromatic carbocycles. The lowest BCUT2D eigenvalue weighted by atomic mass is 9.94. The minimum Gasteiger partial charge on any atom is -0.351 e. The largest absolute Gasteiger partial charge is 0.351 e. The van der Waals surface area contributed by atoms with Crippen molar-refractivity contribution in [1.82, 2.24) is 15.5 Å². The van der Waals surface area contributed by atoms with Gasteiger partial charge in [-0.05, 0) is 39.4 Å². The van der Waals surface area contributed by atoms with E-state index in [2.05, 4.69) is 17.3 Å². The summed E-state index contributed by atoms with van der Waals surface area (Å²) < 4.78 is 0. The number of hydrogen-bond donors (Lipinski definition) is 3. The van der Waals surface area contributed by atoms with Crippen LogP contribution in [-0.4, -0.2) is 49.6 Å². The third kappa shape index (κ3) is 7.12. The lowest BCUT2D eigenvalue weighted by Crippen LogP contribution is -2.41. The summed E-state index contributed by atoms with van der Waals surface area (Å²) in [6.07, 6.45) is 7.69. The van der Waals surface area contributed by atoms with Crippen molar-refractivity contribution in [2.75, 3.05) is 26.7 Å². The minimum absolute atomic E-state index is 0.135. The fourth-order valence-electron chi connectivity index (χ4n) is 2.54. The standard InChI is InChI=1S/C13H26N4O2/c1-17(11-6-3-2-4-7-11)9-5-8-15-10-12(18)16-13(14)19/h11,15H,2-10H2,1H3,(H3,14,16,18,19). The van der Waals surface area contributed by atoms with Gasteiger partial charge in [0.15, 0.2) is 0 Å². The van der Waals surface area contributed by atoms with Gasteiger partial charge in [-0.15, -0.1) is 0 Å². The molecule has 1 rings (SSSR count). The Morgan fingerprint density at radius 1 is 1.26 bits per heavy atom. The normalized spacial score (nSPS) is 16.5.